The van der Waals surface area contributed by atoms with E-state index in [-0.39, 0.29) is 27.7 Å². The van der Waals surface area contributed by atoms with E-state index >= 15 is 0 Å². The van der Waals surface area contributed by atoms with Crippen molar-refractivity contribution in [3.63, 3.8) is 0 Å². The summed E-state index contributed by atoms with van der Waals surface area (Å²) >= 11 is 10.7. The fraction of sp³-hybridized carbons (Fsp3) is 0.182. The van der Waals surface area contributed by atoms with Crippen LogP contribution in [0.4, 0.5) is 10.7 Å². The maximum absolute atomic E-state index is 13.0. The Labute approximate surface area is 209 Å². The summed E-state index contributed by atoms with van der Waals surface area (Å²) in [5.74, 6) is -1.19. The molecule has 0 spiro atoms. The van der Waals surface area contributed by atoms with Gasteiger partial charge in [-0.25, -0.2) is 13.2 Å². The smallest absolute Gasteiger partial charge is 0.341 e. The Balaban J connectivity index is 1.91. The van der Waals surface area contributed by atoms with Crippen LogP contribution in [-0.4, -0.2) is 26.9 Å². The zero-order chi connectivity index (χ0) is 24.3. The summed E-state index contributed by atoms with van der Waals surface area (Å²) in [5, 5.41) is 3.06. The second kappa shape index (κ2) is 10.3. The molecule has 1 amide bonds. The van der Waals surface area contributed by atoms with E-state index in [0.29, 0.717) is 16.3 Å². The van der Waals surface area contributed by atoms with Crippen LogP contribution in [0.3, 0.4) is 0 Å². The fourth-order valence-corrected chi connectivity index (χ4v) is 5.51. The summed E-state index contributed by atoms with van der Waals surface area (Å²) in [6.45, 7) is 5.48. The molecule has 3 rings (SSSR count). The summed E-state index contributed by atoms with van der Waals surface area (Å²) in [4.78, 5) is 26.1. The molecule has 0 aliphatic heterocycles. The third-order valence-electron chi connectivity index (χ3n) is 4.68. The van der Waals surface area contributed by atoms with Crippen molar-refractivity contribution in [3.05, 3.63) is 73.5 Å². The summed E-state index contributed by atoms with van der Waals surface area (Å²) in [5.41, 5.74) is 1.29. The quantitative estimate of drug-likeness (QED) is 0.338. The molecule has 2 N–H and O–H groups in total. The van der Waals surface area contributed by atoms with Crippen molar-refractivity contribution < 1.29 is 22.7 Å². The number of sulfonamides is 1. The third-order valence-corrected chi connectivity index (χ3v) is 8.04. The average Bonchev–Trinajstić information content (AvgIpc) is 3.03. The van der Waals surface area contributed by atoms with Crippen LogP contribution in [0.25, 0.3) is 0 Å². The Morgan fingerprint density at radius 1 is 1.12 bits per heavy atom. The highest BCUT2D eigenvalue weighted by Gasteiger charge is 2.24. The van der Waals surface area contributed by atoms with Gasteiger partial charge in [0, 0.05) is 15.0 Å². The van der Waals surface area contributed by atoms with Gasteiger partial charge in [-0.2, -0.15) is 0 Å². The zero-order valence-corrected chi connectivity index (χ0v) is 21.8. The minimum Gasteiger partial charge on any atom is -0.462 e. The molecule has 0 saturated carbocycles. The van der Waals surface area contributed by atoms with Gasteiger partial charge in [-0.05, 0) is 68.8 Å². The normalized spacial score (nSPS) is 11.2. The number of benzene rings is 2. The lowest BCUT2D eigenvalue weighted by Crippen LogP contribution is -2.17. The molecular weight excluding hydrogens is 552 g/mol. The molecule has 11 heteroatoms. The molecule has 174 valence electrons. The first-order valence-electron chi connectivity index (χ1n) is 9.70. The number of amides is 1. The SMILES string of the molecule is CCOC(=O)c1c(NC(=O)c2cc(S(=O)(=O)Nc3ccc(Br)cc3)ccc2Cl)sc(C)c1C. The fourth-order valence-electron chi connectivity index (χ4n) is 2.91. The lowest BCUT2D eigenvalue weighted by Gasteiger charge is -2.11. The second-order valence-corrected chi connectivity index (χ2v) is 11.1. The summed E-state index contributed by atoms with van der Waals surface area (Å²) in [6, 6.07) is 10.4. The molecule has 0 radical (unpaired) electrons. The van der Waals surface area contributed by atoms with Gasteiger partial charge in [0.2, 0.25) is 0 Å². The van der Waals surface area contributed by atoms with E-state index in [4.69, 9.17) is 16.3 Å². The molecule has 3 aromatic rings. The highest BCUT2D eigenvalue weighted by Crippen LogP contribution is 2.34. The van der Waals surface area contributed by atoms with E-state index in [1.807, 2.05) is 6.92 Å². The maximum Gasteiger partial charge on any atom is 0.341 e. The predicted molar refractivity (Wildman–Crippen MR) is 134 cm³/mol. The summed E-state index contributed by atoms with van der Waals surface area (Å²) < 4.78 is 34.0. The van der Waals surface area contributed by atoms with E-state index in [9.17, 15) is 18.0 Å². The first kappa shape index (κ1) is 25.2. The Morgan fingerprint density at radius 3 is 2.42 bits per heavy atom. The van der Waals surface area contributed by atoms with Gasteiger partial charge in [0.05, 0.1) is 27.7 Å². The van der Waals surface area contributed by atoms with E-state index < -0.39 is 21.9 Å². The molecule has 0 saturated heterocycles. The van der Waals surface area contributed by atoms with E-state index in [1.165, 1.54) is 29.5 Å². The first-order valence-corrected chi connectivity index (χ1v) is 13.2. The largest absolute Gasteiger partial charge is 0.462 e. The molecule has 1 aromatic heterocycles. The number of thiophene rings is 1. The number of anilines is 2. The second-order valence-electron chi connectivity index (χ2n) is 6.92. The Morgan fingerprint density at radius 2 is 1.79 bits per heavy atom. The minimum atomic E-state index is -3.98. The van der Waals surface area contributed by atoms with Crippen LogP contribution in [-0.2, 0) is 14.8 Å². The van der Waals surface area contributed by atoms with Gasteiger partial charge in [0.25, 0.3) is 15.9 Å². The number of aryl methyl sites for hydroxylation is 1. The molecule has 0 unspecified atom stereocenters. The topological polar surface area (TPSA) is 102 Å². The van der Waals surface area contributed by atoms with Crippen molar-refractivity contribution in [2.75, 3.05) is 16.6 Å². The van der Waals surface area contributed by atoms with Crippen molar-refractivity contribution >= 4 is 71.5 Å². The number of hydrogen-bond donors (Lipinski definition) is 2. The zero-order valence-electron chi connectivity index (χ0n) is 17.9. The van der Waals surface area contributed by atoms with Crippen LogP contribution in [0.5, 0.6) is 0 Å². The van der Waals surface area contributed by atoms with Crippen molar-refractivity contribution in [2.45, 2.75) is 25.7 Å². The van der Waals surface area contributed by atoms with Gasteiger partial charge >= 0.3 is 5.97 Å². The van der Waals surface area contributed by atoms with Crippen molar-refractivity contribution in [3.8, 4) is 0 Å². The summed E-state index contributed by atoms with van der Waals surface area (Å²) in [7, 11) is -3.98. The first-order chi connectivity index (χ1) is 15.5. The highest BCUT2D eigenvalue weighted by atomic mass is 79.9. The number of rotatable bonds is 7. The number of ether oxygens (including phenoxy) is 1. The molecule has 2 aromatic carbocycles. The van der Waals surface area contributed by atoms with E-state index in [0.717, 1.165) is 9.35 Å². The molecule has 0 fully saturated rings. The Bertz CT molecular complexity index is 1320. The molecule has 0 atom stereocenters. The third kappa shape index (κ3) is 5.75. The van der Waals surface area contributed by atoms with E-state index in [2.05, 4.69) is 26.0 Å². The van der Waals surface area contributed by atoms with Crippen LogP contribution in [0, 0.1) is 13.8 Å². The summed E-state index contributed by atoms with van der Waals surface area (Å²) in [6.07, 6.45) is 0. The van der Waals surface area contributed by atoms with Gasteiger partial charge < -0.3 is 10.1 Å². The Hall–Kier alpha value is -2.40. The monoisotopic (exact) mass is 570 g/mol. The van der Waals surface area contributed by atoms with Crippen LogP contribution in [0.2, 0.25) is 5.02 Å². The maximum atomic E-state index is 13.0. The number of nitrogens with one attached hydrogen (secondary N) is 2. The molecule has 0 aliphatic rings. The predicted octanol–water partition coefficient (Wildman–Crippen LogP) is 6.01. The van der Waals surface area contributed by atoms with Crippen LogP contribution in [0.1, 0.15) is 38.1 Å². The minimum absolute atomic E-state index is 0.0473. The number of halogens is 2. The lowest BCUT2D eigenvalue weighted by atomic mass is 10.1. The van der Waals surface area contributed by atoms with Crippen LogP contribution >= 0.6 is 38.9 Å². The number of esters is 1. The Kier molecular flexibility index (Phi) is 7.84. The van der Waals surface area contributed by atoms with Gasteiger partial charge in [-0.3, -0.25) is 9.52 Å². The standard InChI is InChI=1S/C22H20BrClN2O5S2/c1-4-31-22(28)19-12(2)13(3)32-21(19)25-20(27)17-11-16(9-10-18(17)24)33(29,30)26-15-7-5-14(23)6-8-15/h5-11,26H,4H2,1-3H3,(H,25,27). The van der Waals surface area contributed by atoms with E-state index in [1.54, 1.807) is 38.1 Å². The highest BCUT2D eigenvalue weighted by molar-refractivity contribution is 9.10. The van der Waals surface area contributed by atoms with Crippen molar-refractivity contribution in [1.29, 1.82) is 0 Å². The number of carbonyl (C=O) groups excluding carboxylic acids is 2. The molecular formula is C22H20BrClN2O5S2. The number of hydrogen-bond acceptors (Lipinski definition) is 6. The average molecular weight is 572 g/mol. The lowest BCUT2D eigenvalue weighted by molar-refractivity contribution is 0.0527. The molecule has 0 bridgehead atoms. The van der Waals surface area contributed by atoms with Gasteiger partial charge in [0.1, 0.15) is 5.00 Å². The van der Waals surface area contributed by atoms with Gasteiger partial charge in [-0.15, -0.1) is 11.3 Å². The van der Waals surface area contributed by atoms with Crippen LogP contribution < -0.4 is 10.0 Å². The van der Waals surface area contributed by atoms with Gasteiger partial charge in [0.15, 0.2) is 0 Å². The molecule has 33 heavy (non-hydrogen) atoms. The molecule has 7 nitrogen and oxygen atoms in total. The van der Waals surface area contributed by atoms with Crippen molar-refractivity contribution in [1.82, 2.24) is 0 Å². The van der Waals surface area contributed by atoms with Crippen LogP contribution in [0.15, 0.2) is 51.8 Å². The molecule has 0 aliphatic carbocycles. The van der Waals surface area contributed by atoms with Crippen molar-refractivity contribution in [2.24, 2.45) is 0 Å². The van der Waals surface area contributed by atoms with Gasteiger partial charge in [-0.1, -0.05) is 27.5 Å². The number of carbonyl (C=O) groups is 2. The molecule has 1 heterocycles.